The number of fused-ring (bicyclic) bond motifs is 10. The van der Waals surface area contributed by atoms with Crippen molar-refractivity contribution in [3.63, 3.8) is 0 Å². The molecule has 0 aromatic heterocycles. The molecule has 4 saturated carbocycles. The van der Waals surface area contributed by atoms with Gasteiger partial charge in [0.15, 0.2) is 0 Å². The van der Waals surface area contributed by atoms with Gasteiger partial charge in [-0.1, -0.05) is 152 Å². The molecule has 14 rings (SSSR count). The molecule has 54 heavy (non-hydrogen) atoms. The fraction of sp³-hybridized carbons (Fsp3) is 0.185. The van der Waals surface area contributed by atoms with Gasteiger partial charge in [0.25, 0.3) is 0 Å². The summed E-state index contributed by atoms with van der Waals surface area (Å²) in [6.45, 7) is 0. The van der Waals surface area contributed by atoms with E-state index >= 15 is 0 Å². The standard InChI is InChI=1S/C54H40/c1-4-15-39-34(12-1)24-25-47-52-46(22-11-23-49(52)54(53(39)47)36-27-32-26-33(29-36)30-37(54)28-32)50-42-18-7-9-20-44(42)51(45-21-10-8-19-43(45)50)48-31-35-13-2-3-14-38(35)40-16-5-6-17-41(40)48/h1-25,31-33,36-37H,26-30H2. The molecule has 5 aliphatic carbocycles. The molecule has 0 nitrogen and oxygen atoms in total. The zero-order chi connectivity index (χ0) is 35.1. The van der Waals surface area contributed by atoms with Crippen LogP contribution in [0, 0.1) is 23.7 Å². The molecule has 4 fully saturated rings. The Morgan fingerprint density at radius 2 is 0.852 bits per heavy atom. The second-order valence-electron chi connectivity index (χ2n) is 17.1. The zero-order valence-corrected chi connectivity index (χ0v) is 30.4. The maximum atomic E-state index is 2.57. The molecule has 4 bridgehead atoms. The molecule has 0 unspecified atom stereocenters. The summed E-state index contributed by atoms with van der Waals surface area (Å²) in [4.78, 5) is 0. The van der Waals surface area contributed by atoms with E-state index in [0.717, 1.165) is 11.8 Å². The first-order valence-electron chi connectivity index (χ1n) is 20.3. The van der Waals surface area contributed by atoms with Crippen molar-refractivity contribution < 1.29 is 0 Å². The lowest BCUT2D eigenvalue weighted by molar-refractivity contribution is -0.0393. The molecule has 256 valence electrons. The van der Waals surface area contributed by atoms with Gasteiger partial charge in [0, 0.05) is 5.41 Å². The van der Waals surface area contributed by atoms with E-state index in [2.05, 4.69) is 158 Å². The van der Waals surface area contributed by atoms with Gasteiger partial charge < -0.3 is 0 Å². The molecule has 5 aliphatic rings. The van der Waals surface area contributed by atoms with Gasteiger partial charge >= 0.3 is 0 Å². The molecule has 0 aliphatic heterocycles. The fourth-order valence-electron chi connectivity index (χ4n) is 13.2. The average molecular weight is 689 g/mol. The van der Waals surface area contributed by atoms with Gasteiger partial charge in [0.1, 0.15) is 0 Å². The van der Waals surface area contributed by atoms with E-state index in [1.165, 1.54) is 119 Å². The third kappa shape index (κ3) is 3.69. The maximum Gasteiger partial charge on any atom is 0.0278 e. The maximum absolute atomic E-state index is 2.57. The third-order valence-electron chi connectivity index (χ3n) is 14.8. The Kier molecular flexibility index (Phi) is 5.89. The Morgan fingerprint density at radius 3 is 1.50 bits per heavy atom. The summed E-state index contributed by atoms with van der Waals surface area (Å²) < 4.78 is 0. The van der Waals surface area contributed by atoms with E-state index in [-0.39, 0.29) is 5.41 Å². The van der Waals surface area contributed by atoms with Crippen LogP contribution in [0.15, 0.2) is 158 Å². The topological polar surface area (TPSA) is 0 Å². The second-order valence-corrected chi connectivity index (χ2v) is 17.1. The molecule has 0 saturated heterocycles. The van der Waals surface area contributed by atoms with E-state index in [1.807, 2.05) is 0 Å². The SMILES string of the molecule is c1cc(-c2c3ccccc3c(-c3cc4ccccc4c4ccccc34)c3ccccc23)c2c(c1)C1(c3c-2ccc2ccccc32)C2CC3CC(C2)CC1C3. The van der Waals surface area contributed by atoms with Crippen LogP contribution in [0.3, 0.4) is 0 Å². The van der Waals surface area contributed by atoms with Crippen molar-refractivity contribution in [3.05, 3.63) is 169 Å². The highest BCUT2D eigenvalue weighted by molar-refractivity contribution is 6.26. The largest absolute Gasteiger partial charge is 0.0616 e. The summed E-state index contributed by atoms with van der Waals surface area (Å²) in [5.41, 5.74) is 11.8. The van der Waals surface area contributed by atoms with Crippen LogP contribution in [0.5, 0.6) is 0 Å². The van der Waals surface area contributed by atoms with Gasteiger partial charge in [-0.2, -0.15) is 0 Å². The van der Waals surface area contributed by atoms with Crippen molar-refractivity contribution in [2.75, 3.05) is 0 Å². The summed E-state index contributed by atoms with van der Waals surface area (Å²) in [5, 5.41) is 13.4. The van der Waals surface area contributed by atoms with Gasteiger partial charge in [-0.15, -0.1) is 0 Å². The number of hydrogen-bond donors (Lipinski definition) is 0. The van der Waals surface area contributed by atoms with Crippen molar-refractivity contribution in [2.24, 2.45) is 23.7 Å². The molecule has 0 heterocycles. The highest BCUT2D eigenvalue weighted by Crippen LogP contribution is 2.71. The van der Waals surface area contributed by atoms with Crippen LogP contribution < -0.4 is 0 Å². The molecule has 0 atom stereocenters. The van der Waals surface area contributed by atoms with Crippen LogP contribution in [-0.2, 0) is 5.41 Å². The first-order chi connectivity index (χ1) is 26.8. The Morgan fingerprint density at radius 1 is 0.333 bits per heavy atom. The molecule has 0 amide bonds. The number of rotatable bonds is 2. The molecular weight excluding hydrogens is 649 g/mol. The molecule has 0 radical (unpaired) electrons. The Bertz CT molecular complexity index is 2980. The van der Waals surface area contributed by atoms with Gasteiger partial charge in [0.05, 0.1) is 0 Å². The van der Waals surface area contributed by atoms with Crippen LogP contribution in [-0.4, -0.2) is 0 Å². The van der Waals surface area contributed by atoms with E-state index in [0.29, 0.717) is 11.8 Å². The molecule has 9 aromatic rings. The normalized spacial score (nSPS) is 23.6. The lowest BCUT2D eigenvalue weighted by Gasteiger charge is -2.61. The minimum atomic E-state index is 0.0878. The number of hydrogen-bond acceptors (Lipinski definition) is 0. The summed E-state index contributed by atoms with van der Waals surface area (Å²) in [5.74, 6) is 3.25. The van der Waals surface area contributed by atoms with E-state index < -0.39 is 0 Å². The van der Waals surface area contributed by atoms with Crippen LogP contribution in [0.2, 0.25) is 0 Å². The minimum absolute atomic E-state index is 0.0878. The summed E-state index contributed by atoms with van der Waals surface area (Å²) in [7, 11) is 0. The quantitative estimate of drug-likeness (QED) is 0.125. The van der Waals surface area contributed by atoms with Crippen molar-refractivity contribution in [1.82, 2.24) is 0 Å². The van der Waals surface area contributed by atoms with E-state index in [4.69, 9.17) is 0 Å². The predicted molar refractivity (Wildman–Crippen MR) is 228 cm³/mol. The van der Waals surface area contributed by atoms with Crippen molar-refractivity contribution >= 4 is 53.9 Å². The molecule has 0 N–H and O–H groups in total. The summed E-state index contributed by atoms with van der Waals surface area (Å²) >= 11 is 0. The smallest absolute Gasteiger partial charge is 0.0278 e. The molecule has 0 heteroatoms. The second kappa shape index (κ2) is 10.7. The lowest BCUT2D eigenvalue weighted by atomic mass is 9.43. The van der Waals surface area contributed by atoms with E-state index in [9.17, 15) is 0 Å². The highest BCUT2D eigenvalue weighted by Gasteiger charge is 2.62. The Labute approximate surface area is 316 Å². The van der Waals surface area contributed by atoms with Crippen molar-refractivity contribution in [3.8, 4) is 33.4 Å². The third-order valence-corrected chi connectivity index (χ3v) is 14.8. The average Bonchev–Trinajstić information content (AvgIpc) is 3.53. The van der Waals surface area contributed by atoms with Crippen LogP contribution in [0.25, 0.3) is 87.2 Å². The van der Waals surface area contributed by atoms with Gasteiger partial charge in [-0.05, 0) is 160 Å². The van der Waals surface area contributed by atoms with Gasteiger partial charge in [0.2, 0.25) is 0 Å². The predicted octanol–water partition coefficient (Wildman–Crippen LogP) is 14.5. The first-order valence-corrected chi connectivity index (χ1v) is 20.3. The number of benzene rings is 9. The summed E-state index contributed by atoms with van der Waals surface area (Å²) in [6, 6.07) is 60.6. The van der Waals surface area contributed by atoms with Crippen LogP contribution in [0.1, 0.15) is 43.2 Å². The monoisotopic (exact) mass is 688 g/mol. The first kappa shape index (κ1) is 29.7. The highest BCUT2D eigenvalue weighted by atomic mass is 14.6. The Hall–Kier alpha value is -5.72. The van der Waals surface area contributed by atoms with Crippen LogP contribution in [0.4, 0.5) is 0 Å². The van der Waals surface area contributed by atoms with Crippen LogP contribution >= 0.6 is 0 Å². The molecule has 1 spiro atoms. The van der Waals surface area contributed by atoms with Gasteiger partial charge in [-0.3, -0.25) is 0 Å². The van der Waals surface area contributed by atoms with Crippen molar-refractivity contribution in [1.29, 1.82) is 0 Å². The van der Waals surface area contributed by atoms with Gasteiger partial charge in [-0.25, -0.2) is 0 Å². The molecule has 9 aromatic carbocycles. The fourth-order valence-corrected chi connectivity index (χ4v) is 13.2. The summed E-state index contributed by atoms with van der Waals surface area (Å²) in [6.07, 6.45) is 7.02. The lowest BCUT2D eigenvalue weighted by Crippen LogP contribution is -2.55. The minimum Gasteiger partial charge on any atom is -0.0616 e. The van der Waals surface area contributed by atoms with Crippen molar-refractivity contribution in [2.45, 2.75) is 37.5 Å². The zero-order valence-electron chi connectivity index (χ0n) is 30.4. The van der Waals surface area contributed by atoms with E-state index in [1.54, 1.807) is 11.1 Å². The molecular formula is C54H40. The Balaban J connectivity index is 1.16.